The van der Waals surface area contributed by atoms with E-state index in [0.29, 0.717) is 6.54 Å². The van der Waals surface area contributed by atoms with E-state index in [-0.39, 0.29) is 6.03 Å². The number of urea groups is 1. The van der Waals surface area contributed by atoms with Gasteiger partial charge in [0.2, 0.25) is 0 Å². The van der Waals surface area contributed by atoms with Gasteiger partial charge in [0.25, 0.3) is 0 Å². The van der Waals surface area contributed by atoms with Crippen molar-refractivity contribution in [2.24, 2.45) is 11.8 Å². The van der Waals surface area contributed by atoms with E-state index in [1.165, 1.54) is 32.1 Å². The van der Waals surface area contributed by atoms with Crippen molar-refractivity contribution < 1.29 is 4.79 Å². The summed E-state index contributed by atoms with van der Waals surface area (Å²) >= 11 is 0. The second kappa shape index (κ2) is 6.45. The Bertz CT molecular complexity index is 486. The highest BCUT2D eigenvalue weighted by atomic mass is 16.2. The molecule has 1 aromatic rings. The molecule has 2 heterocycles. The maximum absolute atomic E-state index is 12.3. The summed E-state index contributed by atoms with van der Waals surface area (Å²) in [6.45, 7) is 5.15. The van der Waals surface area contributed by atoms with Gasteiger partial charge in [0.15, 0.2) is 5.82 Å². The zero-order valence-corrected chi connectivity index (χ0v) is 12.8. The van der Waals surface area contributed by atoms with Crippen LogP contribution in [0.3, 0.4) is 0 Å². The van der Waals surface area contributed by atoms with Crippen LogP contribution in [-0.4, -0.2) is 38.8 Å². The van der Waals surface area contributed by atoms with Gasteiger partial charge in [0.1, 0.15) is 6.33 Å². The van der Waals surface area contributed by atoms with E-state index in [9.17, 15) is 4.79 Å². The molecule has 0 radical (unpaired) electrons. The standard InChI is InChI=1S/C15H25N5O/c1-2-19-11-17-18-14(19)9-16-15(21)20-8-7-12-5-3-4-6-13(12)10-20/h11-13H,2-10H2,1H3,(H,16,21)/t12-,13-/m1/s1. The zero-order chi connectivity index (χ0) is 14.7. The van der Waals surface area contributed by atoms with E-state index in [2.05, 4.69) is 15.5 Å². The molecule has 2 atom stereocenters. The molecule has 6 nitrogen and oxygen atoms in total. The minimum absolute atomic E-state index is 0.0460. The number of rotatable bonds is 3. The molecule has 2 fully saturated rings. The number of aromatic nitrogens is 3. The van der Waals surface area contributed by atoms with Crippen LogP contribution >= 0.6 is 0 Å². The highest BCUT2D eigenvalue weighted by Crippen LogP contribution is 2.35. The van der Waals surface area contributed by atoms with E-state index in [0.717, 1.165) is 37.3 Å². The molecule has 6 heteroatoms. The number of carbonyl (C=O) groups is 1. The average Bonchev–Trinajstić information content (AvgIpc) is 2.99. The summed E-state index contributed by atoms with van der Waals surface area (Å²) < 4.78 is 1.95. The van der Waals surface area contributed by atoms with Crippen molar-refractivity contribution in [1.82, 2.24) is 25.0 Å². The minimum atomic E-state index is 0.0460. The van der Waals surface area contributed by atoms with Gasteiger partial charge in [-0.15, -0.1) is 10.2 Å². The van der Waals surface area contributed by atoms with E-state index >= 15 is 0 Å². The van der Waals surface area contributed by atoms with Crippen molar-refractivity contribution >= 4 is 6.03 Å². The van der Waals surface area contributed by atoms with Gasteiger partial charge in [0, 0.05) is 19.6 Å². The summed E-state index contributed by atoms with van der Waals surface area (Å²) in [7, 11) is 0. The van der Waals surface area contributed by atoms with Crippen LogP contribution in [0, 0.1) is 11.8 Å². The number of hydrogen-bond acceptors (Lipinski definition) is 3. The first kappa shape index (κ1) is 14.4. The van der Waals surface area contributed by atoms with Crippen molar-refractivity contribution in [3.05, 3.63) is 12.2 Å². The fourth-order valence-corrected chi connectivity index (χ4v) is 3.73. The van der Waals surface area contributed by atoms with Crippen molar-refractivity contribution in [1.29, 1.82) is 0 Å². The summed E-state index contributed by atoms with van der Waals surface area (Å²) in [4.78, 5) is 14.3. The molecule has 0 aromatic carbocycles. The van der Waals surface area contributed by atoms with Crippen molar-refractivity contribution in [3.8, 4) is 0 Å². The van der Waals surface area contributed by atoms with Gasteiger partial charge >= 0.3 is 6.03 Å². The summed E-state index contributed by atoms with van der Waals surface area (Å²) in [6.07, 6.45) is 8.23. The van der Waals surface area contributed by atoms with Gasteiger partial charge in [-0.1, -0.05) is 19.3 Å². The van der Waals surface area contributed by atoms with Crippen LogP contribution in [0.25, 0.3) is 0 Å². The van der Waals surface area contributed by atoms with Crippen LogP contribution < -0.4 is 5.32 Å². The van der Waals surface area contributed by atoms with Crippen LogP contribution in [0.15, 0.2) is 6.33 Å². The van der Waals surface area contributed by atoms with Gasteiger partial charge in [-0.25, -0.2) is 4.79 Å². The third-order valence-corrected chi connectivity index (χ3v) is 5.01. The largest absolute Gasteiger partial charge is 0.331 e. The number of nitrogens with zero attached hydrogens (tertiary/aromatic N) is 4. The quantitative estimate of drug-likeness (QED) is 0.926. The lowest BCUT2D eigenvalue weighted by molar-refractivity contribution is 0.102. The van der Waals surface area contributed by atoms with Crippen LogP contribution in [0.5, 0.6) is 0 Å². The molecule has 1 saturated carbocycles. The summed E-state index contributed by atoms with van der Waals surface area (Å²) in [5.41, 5.74) is 0. The Balaban J connectivity index is 1.51. The van der Waals surface area contributed by atoms with Crippen LogP contribution in [0.1, 0.15) is 44.9 Å². The Labute approximate surface area is 125 Å². The predicted molar refractivity (Wildman–Crippen MR) is 79.6 cm³/mol. The number of hydrogen-bond donors (Lipinski definition) is 1. The van der Waals surface area contributed by atoms with Gasteiger partial charge in [-0.2, -0.15) is 0 Å². The third-order valence-electron chi connectivity index (χ3n) is 5.01. The molecular weight excluding hydrogens is 266 g/mol. The highest BCUT2D eigenvalue weighted by Gasteiger charge is 2.32. The van der Waals surface area contributed by atoms with Crippen LogP contribution in [-0.2, 0) is 13.1 Å². The number of piperidine rings is 1. The second-order valence-electron chi connectivity index (χ2n) is 6.23. The maximum atomic E-state index is 12.3. The first-order valence-electron chi connectivity index (χ1n) is 8.17. The van der Waals surface area contributed by atoms with Gasteiger partial charge in [0.05, 0.1) is 6.54 Å². The molecular formula is C15H25N5O. The monoisotopic (exact) mass is 291 g/mol. The molecule has 2 amide bonds. The Morgan fingerprint density at radius 1 is 1.33 bits per heavy atom. The highest BCUT2D eigenvalue weighted by molar-refractivity contribution is 5.74. The molecule has 3 rings (SSSR count). The number of carbonyl (C=O) groups excluding carboxylic acids is 1. The molecule has 116 valence electrons. The van der Waals surface area contributed by atoms with E-state index in [1.807, 2.05) is 16.4 Å². The lowest BCUT2D eigenvalue weighted by Crippen LogP contribution is -2.48. The van der Waals surface area contributed by atoms with Crippen molar-refractivity contribution in [3.63, 3.8) is 0 Å². The van der Waals surface area contributed by atoms with E-state index in [4.69, 9.17) is 0 Å². The fourth-order valence-electron chi connectivity index (χ4n) is 3.73. The Morgan fingerprint density at radius 3 is 2.95 bits per heavy atom. The number of nitrogens with one attached hydrogen (secondary N) is 1. The Hall–Kier alpha value is -1.59. The molecule has 21 heavy (non-hydrogen) atoms. The maximum Gasteiger partial charge on any atom is 0.317 e. The summed E-state index contributed by atoms with van der Waals surface area (Å²) in [5.74, 6) is 2.39. The molecule has 0 unspecified atom stereocenters. The zero-order valence-electron chi connectivity index (χ0n) is 12.8. The number of aryl methyl sites for hydroxylation is 1. The van der Waals surface area contributed by atoms with Gasteiger partial charge in [-0.05, 0) is 31.6 Å². The molecule has 0 spiro atoms. The lowest BCUT2D eigenvalue weighted by atomic mass is 9.75. The molecule has 1 saturated heterocycles. The molecule has 1 aromatic heterocycles. The number of amides is 2. The number of fused-ring (bicyclic) bond motifs is 1. The normalized spacial score (nSPS) is 25.5. The summed E-state index contributed by atoms with van der Waals surface area (Å²) in [6, 6.07) is 0.0460. The van der Waals surface area contributed by atoms with Crippen molar-refractivity contribution in [2.45, 2.75) is 52.1 Å². The summed E-state index contributed by atoms with van der Waals surface area (Å²) in [5, 5.41) is 10.9. The first-order valence-corrected chi connectivity index (χ1v) is 8.17. The average molecular weight is 291 g/mol. The van der Waals surface area contributed by atoms with Gasteiger partial charge in [-0.3, -0.25) is 0 Å². The number of likely N-dealkylation sites (tertiary alicyclic amines) is 1. The first-order chi connectivity index (χ1) is 10.3. The van der Waals surface area contributed by atoms with E-state index < -0.39 is 0 Å². The molecule has 2 aliphatic rings. The topological polar surface area (TPSA) is 63.1 Å². The third kappa shape index (κ3) is 3.19. The van der Waals surface area contributed by atoms with Crippen molar-refractivity contribution in [2.75, 3.05) is 13.1 Å². The van der Waals surface area contributed by atoms with Crippen LogP contribution in [0.4, 0.5) is 4.79 Å². The smallest absolute Gasteiger partial charge is 0.317 e. The Morgan fingerprint density at radius 2 is 2.14 bits per heavy atom. The lowest BCUT2D eigenvalue weighted by Gasteiger charge is -2.41. The second-order valence-corrected chi connectivity index (χ2v) is 6.23. The SMILES string of the molecule is CCn1cnnc1CNC(=O)N1CC[C@H]2CCCC[C@@H]2C1. The fraction of sp³-hybridized carbons (Fsp3) is 0.800. The molecule has 1 aliphatic heterocycles. The molecule has 0 bridgehead atoms. The van der Waals surface area contributed by atoms with E-state index in [1.54, 1.807) is 6.33 Å². The predicted octanol–water partition coefficient (Wildman–Crippen LogP) is 2.02. The molecule has 1 aliphatic carbocycles. The Kier molecular flexibility index (Phi) is 4.41. The molecule has 1 N–H and O–H groups in total. The van der Waals surface area contributed by atoms with Crippen LogP contribution in [0.2, 0.25) is 0 Å². The van der Waals surface area contributed by atoms with Gasteiger partial charge < -0.3 is 14.8 Å². The minimum Gasteiger partial charge on any atom is -0.331 e.